The Bertz CT molecular complexity index is 926. The van der Waals surface area contributed by atoms with Crippen molar-refractivity contribution in [2.75, 3.05) is 5.32 Å². The number of hydrogen-bond acceptors (Lipinski definition) is 5. The number of thioether (sulfide) groups is 1. The van der Waals surface area contributed by atoms with Crippen molar-refractivity contribution < 1.29 is 4.79 Å². The van der Waals surface area contributed by atoms with Crippen LogP contribution >= 0.6 is 23.4 Å². The van der Waals surface area contributed by atoms with E-state index in [1.165, 1.54) is 17.3 Å². The van der Waals surface area contributed by atoms with Crippen molar-refractivity contribution in [1.82, 2.24) is 20.2 Å². The number of aromatic nitrogens is 4. The third-order valence-electron chi connectivity index (χ3n) is 3.94. The van der Waals surface area contributed by atoms with Crippen molar-refractivity contribution in [1.29, 1.82) is 0 Å². The molecule has 2 aromatic carbocycles. The standard InChI is InChI=1S/C18H18ClN5OS/c1-11-4-9-16(10-12(11)2)24-18(21-22-23-24)26-13(3)17(25)20-15-7-5-14(19)6-8-15/h4-10,13H,1-3H3,(H,20,25)/t13-/m0/s1. The molecular formula is C18H18ClN5OS. The van der Waals surface area contributed by atoms with Crippen LogP contribution in [0.2, 0.25) is 5.02 Å². The van der Waals surface area contributed by atoms with Gasteiger partial charge in [0.1, 0.15) is 0 Å². The first-order valence-electron chi connectivity index (χ1n) is 8.03. The minimum atomic E-state index is -0.373. The Hall–Kier alpha value is -2.38. The lowest BCUT2D eigenvalue weighted by Crippen LogP contribution is -2.22. The van der Waals surface area contributed by atoms with Crippen LogP contribution in [0.5, 0.6) is 0 Å². The molecule has 1 amide bonds. The molecule has 0 bridgehead atoms. The number of benzene rings is 2. The van der Waals surface area contributed by atoms with Crippen molar-refractivity contribution >= 4 is 35.0 Å². The lowest BCUT2D eigenvalue weighted by Gasteiger charge is -2.12. The highest BCUT2D eigenvalue weighted by Gasteiger charge is 2.19. The Morgan fingerprint density at radius 2 is 1.88 bits per heavy atom. The molecule has 0 spiro atoms. The van der Waals surface area contributed by atoms with Gasteiger partial charge in [0.2, 0.25) is 11.1 Å². The summed E-state index contributed by atoms with van der Waals surface area (Å²) in [5.74, 6) is -0.132. The van der Waals surface area contributed by atoms with E-state index in [-0.39, 0.29) is 11.2 Å². The zero-order chi connectivity index (χ0) is 18.7. The van der Waals surface area contributed by atoms with Crippen LogP contribution in [0.4, 0.5) is 5.69 Å². The van der Waals surface area contributed by atoms with Gasteiger partial charge in [0, 0.05) is 10.7 Å². The molecule has 0 fully saturated rings. The molecule has 3 aromatic rings. The number of aryl methyl sites for hydroxylation is 2. The van der Waals surface area contributed by atoms with E-state index in [9.17, 15) is 4.79 Å². The Morgan fingerprint density at radius 3 is 2.58 bits per heavy atom. The van der Waals surface area contributed by atoms with Gasteiger partial charge in [0.15, 0.2) is 0 Å². The van der Waals surface area contributed by atoms with Gasteiger partial charge in [-0.15, -0.1) is 5.10 Å². The average Bonchev–Trinajstić information content (AvgIpc) is 3.07. The van der Waals surface area contributed by atoms with E-state index in [1.807, 2.05) is 32.0 Å². The highest BCUT2D eigenvalue weighted by Crippen LogP contribution is 2.25. The van der Waals surface area contributed by atoms with E-state index in [0.29, 0.717) is 15.9 Å². The number of carbonyl (C=O) groups is 1. The van der Waals surface area contributed by atoms with E-state index in [4.69, 9.17) is 11.6 Å². The Kier molecular flexibility index (Phi) is 5.58. The van der Waals surface area contributed by atoms with Crippen LogP contribution < -0.4 is 5.32 Å². The normalized spacial score (nSPS) is 12.0. The fourth-order valence-corrected chi connectivity index (χ4v) is 3.19. The first-order chi connectivity index (χ1) is 12.4. The van der Waals surface area contributed by atoms with Crippen LogP contribution in [0.3, 0.4) is 0 Å². The van der Waals surface area contributed by atoms with E-state index in [2.05, 4.69) is 27.8 Å². The van der Waals surface area contributed by atoms with Crippen LogP contribution in [0, 0.1) is 13.8 Å². The lowest BCUT2D eigenvalue weighted by atomic mass is 10.1. The molecule has 0 aliphatic carbocycles. The van der Waals surface area contributed by atoms with Crippen LogP contribution in [0.25, 0.3) is 5.69 Å². The molecule has 1 atom stereocenters. The van der Waals surface area contributed by atoms with Crippen molar-refractivity contribution in [2.24, 2.45) is 0 Å². The molecule has 1 heterocycles. The number of nitrogens with zero attached hydrogens (tertiary/aromatic N) is 4. The topological polar surface area (TPSA) is 72.7 Å². The number of nitrogens with one attached hydrogen (secondary N) is 1. The molecule has 6 nitrogen and oxygen atoms in total. The summed E-state index contributed by atoms with van der Waals surface area (Å²) in [5.41, 5.74) is 3.92. The molecule has 0 saturated carbocycles. The number of carbonyl (C=O) groups excluding carboxylic acids is 1. The van der Waals surface area contributed by atoms with Gasteiger partial charge in [-0.3, -0.25) is 4.79 Å². The number of anilines is 1. The van der Waals surface area contributed by atoms with Crippen LogP contribution in [-0.4, -0.2) is 31.4 Å². The monoisotopic (exact) mass is 387 g/mol. The van der Waals surface area contributed by atoms with Crippen molar-refractivity contribution in [2.45, 2.75) is 31.2 Å². The summed E-state index contributed by atoms with van der Waals surface area (Å²) in [5, 5.41) is 15.5. The molecule has 0 aliphatic rings. The number of halogens is 1. The fourth-order valence-electron chi connectivity index (χ4n) is 2.26. The van der Waals surface area contributed by atoms with Gasteiger partial charge in [0.25, 0.3) is 0 Å². The van der Waals surface area contributed by atoms with Gasteiger partial charge in [-0.2, -0.15) is 4.68 Å². The molecule has 0 unspecified atom stereocenters. The molecule has 1 N–H and O–H groups in total. The van der Waals surface area contributed by atoms with Gasteiger partial charge in [-0.1, -0.05) is 29.4 Å². The summed E-state index contributed by atoms with van der Waals surface area (Å²) < 4.78 is 1.64. The van der Waals surface area contributed by atoms with Crippen LogP contribution in [0.15, 0.2) is 47.6 Å². The maximum atomic E-state index is 12.4. The second kappa shape index (κ2) is 7.88. The van der Waals surface area contributed by atoms with E-state index >= 15 is 0 Å². The van der Waals surface area contributed by atoms with Gasteiger partial charge >= 0.3 is 0 Å². The summed E-state index contributed by atoms with van der Waals surface area (Å²) in [6.45, 7) is 5.91. The van der Waals surface area contributed by atoms with E-state index in [1.54, 1.807) is 28.9 Å². The van der Waals surface area contributed by atoms with Crippen molar-refractivity contribution in [3.05, 3.63) is 58.6 Å². The van der Waals surface area contributed by atoms with Gasteiger partial charge in [0.05, 0.1) is 10.9 Å². The summed E-state index contributed by atoms with van der Waals surface area (Å²) >= 11 is 7.16. The molecule has 3 rings (SSSR count). The lowest BCUT2D eigenvalue weighted by molar-refractivity contribution is -0.115. The molecule has 0 aliphatic heterocycles. The van der Waals surface area contributed by atoms with Gasteiger partial charge in [-0.25, -0.2) is 0 Å². The summed E-state index contributed by atoms with van der Waals surface area (Å²) in [7, 11) is 0. The SMILES string of the molecule is Cc1ccc(-n2nnnc2S[C@@H](C)C(=O)Nc2ccc(Cl)cc2)cc1C. The molecule has 0 radical (unpaired) electrons. The maximum Gasteiger partial charge on any atom is 0.237 e. The number of tetrazole rings is 1. The number of amides is 1. The molecule has 8 heteroatoms. The van der Waals surface area contributed by atoms with Crippen LogP contribution in [0.1, 0.15) is 18.1 Å². The molecule has 0 saturated heterocycles. The zero-order valence-corrected chi connectivity index (χ0v) is 16.2. The van der Waals surface area contributed by atoms with Crippen LogP contribution in [-0.2, 0) is 4.79 Å². The van der Waals surface area contributed by atoms with Crippen molar-refractivity contribution in [3.63, 3.8) is 0 Å². The quantitative estimate of drug-likeness (QED) is 0.668. The minimum Gasteiger partial charge on any atom is -0.325 e. The Morgan fingerprint density at radius 1 is 1.15 bits per heavy atom. The fraction of sp³-hybridized carbons (Fsp3) is 0.222. The molecule has 26 heavy (non-hydrogen) atoms. The average molecular weight is 388 g/mol. The maximum absolute atomic E-state index is 12.4. The Balaban J connectivity index is 1.72. The first-order valence-corrected chi connectivity index (χ1v) is 9.29. The second-order valence-corrected chi connectivity index (χ2v) is 7.64. The summed E-state index contributed by atoms with van der Waals surface area (Å²) in [6, 6.07) is 13.0. The first kappa shape index (κ1) is 18.4. The summed E-state index contributed by atoms with van der Waals surface area (Å²) in [6.07, 6.45) is 0. The largest absolute Gasteiger partial charge is 0.325 e. The van der Waals surface area contributed by atoms with Crippen molar-refractivity contribution in [3.8, 4) is 5.69 Å². The third-order valence-corrected chi connectivity index (χ3v) is 5.22. The van der Waals surface area contributed by atoms with Gasteiger partial charge < -0.3 is 5.32 Å². The Labute approximate surface area is 160 Å². The predicted molar refractivity (Wildman–Crippen MR) is 104 cm³/mol. The second-order valence-electron chi connectivity index (χ2n) is 5.90. The zero-order valence-electron chi connectivity index (χ0n) is 14.6. The summed E-state index contributed by atoms with van der Waals surface area (Å²) in [4.78, 5) is 12.4. The van der Waals surface area contributed by atoms with E-state index < -0.39 is 0 Å². The molecule has 1 aromatic heterocycles. The molecular weight excluding hydrogens is 370 g/mol. The number of rotatable bonds is 5. The predicted octanol–water partition coefficient (Wildman–Crippen LogP) is 4.05. The highest BCUT2D eigenvalue weighted by atomic mass is 35.5. The smallest absolute Gasteiger partial charge is 0.237 e. The highest BCUT2D eigenvalue weighted by molar-refractivity contribution is 8.00. The van der Waals surface area contributed by atoms with Gasteiger partial charge in [-0.05, 0) is 78.7 Å². The third kappa shape index (κ3) is 4.23. The number of hydrogen-bond donors (Lipinski definition) is 1. The molecule has 134 valence electrons. The van der Waals surface area contributed by atoms with E-state index in [0.717, 1.165) is 11.3 Å². The minimum absolute atomic E-state index is 0.132.